The standard InChI is InChI=1S/C26H22FN3O2/c1-17(2)23-12-19-13-25-20(14-24(19)29(23)22-10-8-21(27)9-11-22)15-28-30(25)26(31)32-16-18-6-4-3-5-7-18/h3-15,17H,16H2,1-2H3. The molecule has 0 saturated heterocycles. The van der Waals surface area contributed by atoms with Gasteiger partial charge in [0.05, 0.1) is 17.2 Å². The van der Waals surface area contributed by atoms with Crippen LogP contribution in [0.1, 0.15) is 31.0 Å². The maximum absolute atomic E-state index is 13.5. The molecular formula is C26H22FN3O2. The third kappa shape index (κ3) is 3.54. The molecule has 0 amide bonds. The molecule has 0 N–H and O–H groups in total. The average Bonchev–Trinajstić information content (AvgIpc) is 3.38. The molecule has 0 atom stereocenters. The van der Waals surface area contributed by atoms with Crippen molar-refractivity contribution in [2.75, 3.05) is 0 Å². The van der Waals surface area contributed by atoms with Crippen molar-refractivity contribution in [1.29, 1.82) is 0 Å². The lowest BCUT2D eigenvalue weighted by molar-refractivity contribution is 0.139. The predicted molar refractivity (Wildman–Crippen MR) is 123 cm³/mol. The third-order valence-corrected chi connectivity index (χ3v) is 5.57. The van der Waals surface area contributed by atoms with E-state index in [9.17, 15) is 9.18 Å². The smallest absolute Gasteiger partial charge is 0.435 e. The molecule has 0 radical (unpaired) electrons. The highest BCUT2D eigenvalue weighted by Crippen LogP contribution is 2.32. The molecule has 5 rings (SSSR count). The first-order valence-corrected chi connectivity index (χ1v) is 10.5. The highest BCUT2D eigenvalue weighted by molar-refractivity contribution is 5.99. The molecule has 5 aromatic rings. The fraction of sp³-hybridized carbons (Fsp3) is 0.154. The predicted octanol–water partition coefficient (Wildman–Crippen LogP) is 6.43. The van der Waals surface area contributed by atoms with E-state index in [4.69, 9.17) is 4.74 Å². The number of nitrogens with zero attached hydrogens (tertiary/aromatic N) is 3. The van der Waals surface area contributed by atoms with Crippen LogP contribution in [0.5, 0.6) is 0 Å². The minimum Gasteiger partial charge on any atom is -0.443 e. The fourth-order valence-electron chi connectivity index (χ4n) is 3.98. The zero-order valence-corrected chi connectivity index (χ0v) is 17.8. The first-order valence-electron chi connectivity index (χ1n) is 10.5. The summed E-state index contributed by atoms with van der Waals surface area (Å²) in [6.45, 7) is 4.43. The first kappa shape index (κ1) is 20.0. The van der Waals surface area contributed by atoms with E-state index < -0.39 is 6.09 Å². The number of rotatable bonds is 4. The minimum atomic E-state index is -0.523. The molecule has 32 heavy (non-hydrogen) atoms. The van der Waals surface area contributed by atoms with Crippen molar-refractivity contribution in [3.63, 3.8) is 0 Å². The number of fused-ring (bicyclic) bond motifs is 2. The number of hydrogen-bond acceptors (Lipinski definition) is 3. The summed E-state index contributed by atoms with van der Waals surface area (Å²) < 4.78 is 22.4. The summed E-state index contributed by atoms with van der Waals surface area (Å²) in [6, 6.07) is 22.1. The van der Waals surface area contributed by atoms with Gasteiger partial charge in [0.1, 0.15) is 12.4 Å². The van der Waals surface area contributed by atoms with Gasteiger partial charge in [0.2, 0.25) is 0 Å². The lowest BCUT2D eigenvalue weighted by Crippen LogP contribution is -2.14. The van der Waals surface area contributed by atoms with E-state index in [0.29, 0.717) is 5.52 Å². The Kier molecular flexibility index (Phi) is 4.98. The van der Waals surface area contributed by atoms with Crippen molar-refractivity contribution in [1.82, 2.24) is 14.3 Å². The number of halogens is 1. The zero-order valence-electron chi connectivity index (χ0n) is 17.8. The number of carbonyl (C=O) groups is 1. The van der Waals surface area contributed by atoms with Crippen LogP contribution < -0.4 is 0 Å². The second-order valence-corrected chi connectivity index (χ2v) is 8.10. The van der Waals surface area contributed by atoms with Crippen molar-refractivity contribution < 1.29 is 13.9 Å². The van der Waals surface area contributed by atoms with Gasteiger partial charge in [-0.3, -0.25) is 0 Å². The van der Waals surface area contributed by atoms with E-state index in [1.54, 1.807) is 18.3 Å². The highest BCUT2D eigenvalue weighted by atomic mass is 19.1. The van der Waals surface area contributed by atoms with Crippen LogP contribution in [0.25, 0.3) is 27.5 Å². The number of hydrogen-bond donors (Lipinski definition) is 0. The second-order valence-electron chi connectivity index (χ2n) is 8.10. The fourth-order valence-corrected chi connectivity index (χ4v) is 3.98. The highest BCUT2D eigenvalue weighted by Gasteiger charge is 2.18. The number of carbonyl (C=O) groups excluding carboxylic acids is 1. The second kappa shape index (κ2) is 7.96. The van der Waals surface area contributed by atoms with Gasteiger partial charge in [0, 0.05) is 22.2 Å². The van der Waals surface area contributed by atoms with Crippen LogP contribution in [0.15, 0.2) is 79.0 Å². The van der Waals surface area contributed by atoms with Gasteiger partial charge in [-0.2, -0.15) is 9.78 Å². The van der Waals surface area contributed by atoms with Crippen LogP contribution in [-0.4, -0.2) is 20.4 Å². The van der Waals surface area contributed by atoms with E-state index in [1.807, 2.05) is 42.5 Å². The summed E-state index contributed by atoms with van der Waals surface area (Å²) in [5.41, 5.74) is 4.56. The largest absolute Gasteiger partial charge is 0.443 e. The van der Waals surface area contributed by atoms with Crippen molar-refractivity contribution in [2.45, 2.75) is 26.4 Å². The molecule has 6 heteroatoms. The Labute approximate surface area is 184 Å². The van der Waals surface area contributed by atoms with E-state index >= 15 is 0 Å². The molecule has 0 aliphatic rings. The van der Waals surface area contributed by atoms with Crippen molar-refractivity contribution in [2.24, 2.45) is 0 Å². The number of benzene rings is 3. The average molecular weight is 427 g/mol. The van der Waals surface area contributed by atoms with E-state index in [0.717, 1.165) is 33.2 Å². The molecule has 0 bridgehead atoms. The normalized spacial score (nSPS) is 11.5. The summed E-state index contributed by atoms with van der Waals surface area (Å²) in [4.78, 5) is 12.7. The van der Waals surface area contributed by atoms with Crippen molar-refractivity contribution >= 4 is 27.9 Å². The van der Waals surface area contributed by atoms with Gasteiger partial charge in [-0.1, -0.05) is 44.2 Å². The minimum absolute atomic E-state index is 0.182. The molecule has 0 spiro atoms. The molecule has 2 heterocycles. The summed E-state index contributed by atoms with van der Waals surface area (Å²) in [6.07, 6.45) is 1.14. The summed E-state index contributed by atoms with van der Waals surface area (Å²) >= 11 is 0. The molecule has 0 aliphatic heterocycles. The van der Waals surface area contributed by atoms with Crippen molar-refractivity contribution in [3.05, 3.63) is 96.1 Å². The van der Waals surface area contributed by atoms with Gasteiger partial charge >= 0.3 is 6.09 Å². The molecule has 0 saturated carbocycles. The van der Waals surface area contributed by atoms with Crippen LogP contribution in [0.2, 0.25) is 0 Å². The van der Waals surface area contributed by atoms with Gasteiger partial charge in [0.25, 0.3) is 0 Å². The zero-order chi connectivity index (χ0) is 22.2. The molecule has 160 valence electrons. The molecule has 2 aromatic heterocycles. The maximum atomic E-state index is 13.5. The van der Waals surface area contributed by atoms with Crippen LogP contribution >= 0.6 is 0 Å². The van der Waals surface area contributed by atoms with Crippen LogP contribution in [0.3, 0.4) is 0 Å². The Morgan fingerprint density at radius 2 is 1.69 bits per heavy atom. The van der Waals surface area contributed by atoms with Crippen LogP contribution in [0, 0.1) is 5.82 Å². The molecule has 0 aliphatic carbocycles. The maximum Gasteiger partial charge on any atom is 0.435 e. The Morgan fingerprint density at radius 3 is 2.41 bits per heavy atom. The topological polar surface area (TPSA) is 49.1 Å². The summed E-state index contributed by atoms with van der Waals surface area (Å²) in [5, 5.41) is 6.07. The van der Waals surface area contributed by atoms with Gasteiger partial charge in [0.15, 0.2) is 0 Å². The lowest BCUT2D eigenvalue weighted by Gasteiger charge is -2.13. The van der Waals surface area contributed by atoms with Crippen LogP contribution in [0.4, 0.5) is 9.18 Å². The van der Waals surface area contributed by atoms with Gasteiger partial charge in [-0.15, -0.1) is 0 Å². The lowest BCUT2D eigenvalue weighted by atomic mass is 10.1. The number of aromatic nitrogens is 3. The van der Waals surface area contributed by atoms with E-state index in [1.165, 1.54) is 16.8 Å². The van der Waals surface area contributed by atoms with Gasteiger partial charge in [-0.25, -0.2) is 9.18 Å². The molecule has 5 nitrogen and oxygen atoms in total. The Hall–Kier alpha value is -3.93. The van der Waals surface area contributed by atoms with E-state index in [2.05, 4.69) is 29.6 Å². The summed E-state index contributed by atoms with van der Waals surface area (Å²) in [7, 11) is 0. The molecule has 0 unspecified atom stereocenters. The SMILES string of the molecule is CC(C)c1cc2cc3c(cnn3C(=O)OCc3ccccc3)cc2n1-c1ccc(F)cc1. The third-order valence-electron chi connectivity index (χ3n) is 5.57. The Balaban J connectivity index is 1.56. The monoisotopic (exact) mass is 427 g/mol. The molecule has 3 aromatic carbocycles. The molecule has 0 fully saturated rings. The number of ether oxygens (including phenoxy) is 1. The summed E-state index contributed by atoms with van der Waals surface area (Å²) in [5.74, 6) is -0.0168. The first-order chi connectivity index (χ1) is 15.5. The molecular weight excluding hydrogens is 405 g/mol. The van der Waals surface area contributed by atoms with E-state index in [-0.39, 0.29) is 18.3 Å². The van der Waals surface area contributed by atoms with Crippen molar-refractivity contribution in [3.8, 4) is 5.69 Å². The Bertz CT molecular complexity index is 1420. The van der Waals surface area contributed by atoms with Gasteiger partial charge in [-0.05, 0) is 53.9 Å². The van der Waals surface area contributed by atoms with Crippen LogP contribution in [-0.2, 0) is 11.3 Å². The Morgan fingerprint density at radius 1 is 0.969 bits per heavy atom. The quantitative estimate of drug-likeness (QED) is 0.332. The van der Waals surface area contributed by atoms with Gasteiger partial charge < -0.3 is 9.30 Å².